The Morgan fingerprint density at radius 2 is 1.53 bits per heavy atom. The lowest BCUT2D eigenvalue weighted by molar-refractivity contribution is -0.143. The fourth-order valence-corrected chi connectivity index (χ4v) is 6.25. The highest BCUT2D eigenvalue weighted by Crippen LogP contribution is 2.41. The molecule has 1 rings (SSSR count). The number of esters is 1. The van der Waals surface area contributed by atoms with Crippen LogP contribution in [-0.4, -0.2) is 79.6 Å². The molecule has 7 nitrogen and oxygen atoms in total. The molecule has 0 aromatic rings. The summed E-state index contributed by atoms with van der Waals surface area (Å²) in [6.07, 6.45) is 0.303. The van der Waals surface area contributed by atoms with Crippen LogP contribution in [0.2, 0.25) is 36.3 Å². The molecule has 1 N–H and O–H groups in total. The molecule has 0 amide bonds. The van der Waals surface area contributed by atoms with Crippen molar-refractivity contribution >= 4 is 22.6 Å². The summed E-state index contributed by atoms with van der Waals surface area (Å²) in [5, 5.41) is 9.75. The number of methoxy groups -OCH3 is 2. The molecule has 1 heterocycles. The van der Waals surface area contributed by atoms with Crippen molar-refractivity contribution in [2.24, 2.45) is 5.92 Å². The highest BCUT2D eigenvalue weighted by Gasteiger charge is 2.48. The predicted octanol–water partition coefficient (Wildman–Crippen LogP) is 5.13. The number of aliphatic hydroxyl groups is 1. The average Bonchev–Trinajstić information content (AvgIpc) is 3.00. The van der Waals surface area contributed by atoms with Crippen molar-refractivity contribution < 1.29 is 33.0 Å². The molecule has 0 saturated carbocycles. The van der Waals surface area contributed by atoms with Gasteiger partial charge in [0, 0.05) is 26.1 Å². The lowest BCUT2D eigenvalue weighted by Gasteiger charge is -2.42. The van der Waals surface area contributed by atoms with Gasteiger partial charge in [0.2, 0.25) is 0 Å². The number of carbonyl (C=O) groups excluding carboxylic acids is 1. The number of rotatable bonds is 12. The van der Waals surface area contributed by atoms with E-state index in [1.54, 1.807) is 7.11 Å². The molecule has 0 aromatic heterocycles. The van der Waals surface area contributed by atoms with Crippen molar-refractivity contribution in [3.05, 3.63) is 0 Å². The van der Waals surface area contributed by atoms with Gasteiger partial charge in [-0.1, -0.05) is 41.5 Å². The van der Waals surface area contributed by atoms with Crippen LogP contribution in [0.3, 0.4) is 0 Å². The zero-order valence-corrected chi connectivity index (χ0v) is 25.8. The number of hydrogen-bond donors (Lipinski definition) is 1. The van der Waals surface area contributed by atoms with Crippen LogP contribution in [-0.2, 0) is 27.9 Å². The van der Waals surface area contributed by atoms with Crippen LogP contribution in [0.25, 0.3) is 0 Å². The van der Waals surface area contributed by atoms with Crippen molar-refractivity contribution in [1.82, 2.24) is 0 Å². The molecule has 4 unspecified atom stereocenters. The van der Waals surface area contributed by atoms with E-state index in [-0.39, 0.29) is 59.4 Å². The molecule has 0 aliphatic carbocycles. The Kier molecular flexibility index (Phi) is 11.5. The number of hydrogen-bond acceptors (Lipinski definition) is 7. The molecular formula is C25H52O7Si2. The topological polar surface area (TPSA) is 83.5 Å². The zero-order chi connectivity index (χ0) is 26.5. The second-order valence-corrected chi connectivity index (χ2v) is 22.2. The van der Waals surface area contributed by atoms with Crippen molar-refractivity contribution in [1.29, 1.82) is 0 Å². The maximum Gasteiger partial charge on any atom is 0.305 e. The molecular weight excluding hydrogens is 468 g/mol. The van der Waals surface area contributed by atoms with Gasteiger partial charge >= 0.3 is 5.97 Å². The van der Waals surface area contributed by atoms with Gasteiger partial charge in [0.05, 0.1) is 44.6 Å². The first-order valence-corrected chi connectivity index (χ1v) is 18.4. The summed E-state index contributed by atoms with van der Waals surface area (Å²) in [5.41, 5.74) is 0. The lowest BCUT2D eigenvalue weighted by Crippen LogP contribution is -2.49. The molecule has 1 saturated heterocycles. The molecule has 5 atom stereocenters. The van der Waals surface area contributed by atoms with Crippen LogP contribution in [0.5, 0.6) is 0 Å². The quantitative estimate of drug-likeness (QED) is 0.282. The van der Waals surface area contributed by atoms with E-state index in [1.165, 1.54) is 7.11 Å². The van der Waals surface area contributed by atoms with E-state index in [0.717, 1.165) is 0 Å². The van der Waals surface area contributed by atoms with E-state index in [9.17, 15) is 9.90 Å². The molecule has 0 bridgehead atoms. The summed E-state index contributed by atoms with van der Waals surface area (Å²) in [6.45, 7) is 22.9. The standard InChI is InChI=1S/C25H52O7Si2/c1-24(2,3)33(9,10)30-17-18(32-34(11,12)25(4,5)6)15-21-23(29-8)19(16-22(27)28-7)20(31-21)13-14-26/h18-21,23,26H,13-17H2,1-12H3/t18?,19?,20?,21?,23-/m1/s1. The zero-order valence-electron chi connectivity index (χ0n) is 23.8. The Morgan fingerprint density at radius 3 is 1.97 bits per heavy atom. The largest absolute Gasteiger partial charge is 0.469 e. The molecule has 1 aliphatic rings. The van der Waals surface area contributed by atoms with Gasteiger partial charge in [-0.05, 0) is 42.7 Å². The van der Waals surface area contributed by atoms with E-state index in [0.29, 0.717) is 19.4 Å². The SMILES string of the molecule is COC(=O)CC1C(CCO)OC(CC(CO[Si](C)(C)C(C)(C)C)O[Si](C)(C)C(C)(C)C)[C@@H]1OC. The third-order valence-electron chi connectivity index (χ3n) is 8.13. The maximum atomic E-state index is 12.1. The van der Waals surface area contributed by atoms with Crippen LogP contribution < -0.4 is 0 Å². The summed E-state index contributed by atoms with van der Waals surface area (Å²) < 4.78 is 30.6. The Hall–Kier alpha value is -0.296. The smallest absolute Gasteiger partial charge is 0.305 e. The first-order chi connectivity index (χ1) is 15.4. The first-order valence-electron chi connectivity index (χ1n) is 12.6. The van der Waals surface area contributed by atoms with Crippen LogP contribution in [0, 0.1) is 5.92 Å². The van der Waals surface area contributed by atoms with Gasteiger partial charge in [0.1, 0.15) is 0 Å². The summed E-state index contributed by atoms with van der Waals surface area (Å²) in [6, 6.07) is 0. The highest BCUT2D eigenvalue weighted by atomic mass is 28.4. The number of carbonyl (C=O) groups is 1. The third-order valence-corrected chi connectivity index (χ3v) is 17.2. The number of aliphatic hydroxyl groups excluding tert-OH is 1. The Balaban J connectivity index is 3.16. The fraction of sp³-hybridized carbons (Fsp3) is 0.960. The Bertz CT molecular complexity index is 640. The Morgan fingerprint density at radius 1 is 0.971 bits per heavy atom. The normalized spacial score (nSPS) is 25.4. The van der Waals surface area contributed by atoms with E-state index in [2.05, 4.69) is 67.7 Å². The van der Waals surface area contributed by atoms with Gasteiger partial charge in [0.15, 0.2) is 16.6 Å². The molecule has 34 heavy (non-hydrogen) atoms. The van der Waals surface area contributed by atoms with Crippen LogP contribution >= 0.6 is 0 Å². The summed E-state index contributed by atoms with van der Waals surface area (Å²) in [4.78, 5) is 12.1. The molecule has 0 aromatic carbocycles. The maximum absolute atomic E-state index is 12.1. The van der Waals surface area contributed by atoms with Gasteiger partial charge in [-0.15, -0.1) is 0 Å². The molecule has 0 radical (unpaired) electrons. The third kappa shape index (κ3) is 8.38. The second kappa shape index (κ2) is 12.3. The summed E-state index contributed by atoms with van der Waals surface area (Å²) in [5.74, 6) is -0.473. The molecule has 202 valence electrons. The summed E-state index contributed by atoms with van der Waals surface area (Å²) >= 11 is 0. The van der Waals surface area contributed by atoms with Gasteiger partial charge in [-0.25, -0.2) is 0 Å². The highest BCUT2D eigenvalue weighted by molar-refractivity contribution is 6.74. The van der Waals surface area contributed by atoms with Crippen LogP contribution in [0.4, 0.5) is 0 Å². The van der Waals surface area contributed by atoms with Crippen LogP contribution in [0.15, 0.2) is 0 Å². The monoisotopic (exact) mass is 520 g/mol. The second-order valence-electron chi connectivity index (χ2n) is 12.7. The fourth-order valence-electron chi connectivity index (χ4n) is 3.86. The average molecular weight is 521 g/mol. The molecule has 1 aliphatic heterocycles. The number of ether oxygens (including phenoxy) is 3. The van der Waals surface area contributed by atoms with Crippen molar-refractivity contribution in [3.63, 3.8) is 0 Å². The van der Waals surface area contributed by atoms with Gasteiger partial charge < -0.3 is 28.2 Å². The van der Waals surface area contributed by atoms with Gasteiger partial charge in [-0.3, -0.25) is 4.79 Å². The van der Waals surface area contributed by atoms with Crippen LogP contribution in [0.1, 0.15) is 60.8 Å². The minimum absolute atomic E-state index is 0.0100. The van der Waals surface area contributed by atoms with E-state index >= 15 is 0 Å². The van der Waals surface area contributed by atoms with E-state index in [1.807, 2.05) is 0 Å². The van der Waals surface area contributed by atoms with E-state index < -0.39 is 16.6 Å². The van der Waals surface area contributed by atoms with Crippen molar-refractivity contribution in [2.75, 3.05) is 27.4 Å². The first kappa shape index (κ1) is 31.7. The molecule has 0 spiro atoms. The minimum atomic E-state index is -2.07. The van der Waals surface area contributed by atoms with E-state index in [4.69, 9.17) is 23.1 Å². The predicted molar refractivity (Wildman–Crippen MR) is 141 cm³/mol. The van der Waals surface area contributed by atoms with Crippen molar-refractivity contribution in [2.45, 2.75) is 121 Å². The van der Waals surface area contributed by atoms with Crippen molar-refractivity contribution in [3.8, 4) is 0 Å². The summed E-state index contributed by atoms with van der Waals surface area (Å²) in [7, 11) is -0.994. The van der Waals surface area contributed by atoms with Gasteiger partial charge in [-0.2, -0.15) is 0 Å². The Labute approximate surface area is 210 Å². The lowest BCUT2D eigenvalue weighted by atomic mass is 9.90. The van der Waals surface area contributed by atoms with Gasteiger partial charge in [0.25, 0.3) is 0 Å². The minimum Gasteiger partial charge on any atom is -0.469 e. The molecule has 1 fully saturated rings. The molecule has 9 heteroatoms.